The number of carbonyl (C=O) groups excluding carboxylic acids is 1. The van der Waals surface area contributed by atoms with E-state index in [1.54, 1.807) is 12.1 Å². The predicted molar refractivity (Wildman–Crippen MR) is 125 cm³/mol. The van der Waals surface area contributed by atoms with E-state index >= 15 is 0 Å². The number of hydrogen-bond donors (Lipinski definition) is 0. The molecule has 1 fully saturated rings. The van der Waals surface area contributed by atoms with Crippen molar-refractivity contribution in [2.24, 2.45) is 5.92 Å². The third kappa shape index (κ3) is 5.69. The van der Waals surface area contributed by atoms with Crippen LogP contribution in [-0.4, -0.2) is 33.4 Å². The van der Waals surface area contributed by atoms with Crippen LogP contribution >= 0.6 is 0 Å². The number of pyridine rings is 2. The normalized spacial score (nSPS) is 18.5. The second kappa shape index (κ2) is 10.1. The van der Waals surface area contributed by atoms with Crippen LogP contribution in [0.3, 0.4) is 0 Å². The molecule has 1 saturated heterocycles. The van der Waals surface area contributed by atoms with Crippen LogP contribution < -0.4 is 0 Å². The number of piperidine rings is 1. The fourth-order valence-corrected chi connectivity index (χ4v) is 4.70. The lowest BCUT2D eigenvalue weighted by Crippen LogP contribution is -2.48. The maximum absolute atomic E-state index is 13.8. The highest BCUT2D eigenvalue weighted by Gasteiger charge is 2.34. The van der Waals surface area contributed by atoms with Gasteiger partial charge in [0.1, 0.15) is 11.5 Å². The summed E-state index contributed by atoms with van der Waals surface area (Å²) >= 11 is 0. The zero-order valence-corrected chi connectivity index (χ0v) is 19.6. The zero-order valence-electron chi connectivity index (χ0n) is 19.6. The van der Waals surface area contributed by atoms with Crippen molar-refractivity contribution in [3.63, 3.8) is 0 Å². The van der Waals surface area contributed by atoms with Gasteiger partial charge < -0.3 is 4.90 Å². The Labute approximate surface area is 202 Å². The molecule has 0 radical (unpaired) electrons. The molecule has 3 heterocycles. The van der Waals surface area contributed by atoms with Crippen LogP contribution in [0.1, 0.15) is 53.6 Å². The van der Waals surface area contributed by atoms with E-state index in [0.29, 0.717) is 47.6 Å². The van der Waals surface area contributed by atoms with Crippen molar-refractivity contribution in [2.75, 3.05) is 6.54 Å². The van der Waals surface area contributed by atoms with Crippen LogP contribution in [0.2, 0.25) is 0 Å². The largest absolute Gasteiger partial charge is 0.417 e. The van der Waals surface area contributed by atoms with Crippen molar-refractivity contribution < 1.29 is 22.4 Å². The van der Waals surface area contributed by atoms with Gasteiger partial charge in [0.15, 0.2) is 0 Å². The molecule has 1 aromatic carbocycles. The number of amides is 1. The van der Waals surface area contributed by atoms with Gasteiger partial charge in [0.25, 0.3) is 5.91 Å². The molecule has 0 saturated carbocycles. The summed E-state index contributed by atoms with van der Waals surface area (Å²) in [5.41, 5.74) is 2.16. The molecule has 1 aliphatic rings. The van der Waals surface area contributed by atoms with Crippen molar-refractivity contribution in [3.8, 4) is 11.1 Å². The SMILES string of the molecule is Cc1ccc(-c2ccc(F)cc2)c(C(=O)N2CCC[C@@H](C)[C@H]2CCc2ccc(C(F)(F)F)cn2)n1. The number of rotatable bonds is 5. The minimum atomic E-state index is -4.42. The molecule has 184 valence electrons. The van der Waals surface area contributed by atoms with E-state index in [1.165, 1.54) is 18.2 Å². The molecule has 0 aliphatic carbocycles. The fourth-order valence-electron chi connectivity index (χ4n) is 4.70. The molecule has 0 spiro atoms. The van der Waals surface area contributed by atoms with Gasteiger partial charge in [-0.1, -0.05) is 25.1 Å². The third-order valence-corrected chi connectivity index (χ3v) is 6.62. The van der Waals surface area contributed by atoms with Crippen molar-refractivity contribution in [2.45, 2.75) is 51.7 Å². The Morgan fingerprint density at radius 1 is 1.09 bits per heavy atom. The first-order valence-corrected chi connectivity index (χ1v) is 11.7. The Kier molecular flexibility index (Phi) is 7.19. The fraction of sp³-hybridized carbons (Fsp3) is 0.370. The van der Waals surface area contributed by atoms with Gasteiger partial charge in [-0.15, -0.1) is 0 Å². The summed E-state index contributed by atoms with van der Waals surface area (Å²) in [6.07, 6.45) is -0.698. The van der Waals surface area contributed by atoms with Crippen LogP contribution in [0, 0.1) is 18.7 Å². The molecule has 0 N–H and O–H groups in total. The highest BCUT2D eigenvalue weighted by molar-refractivity contribution is 5.99. The van der Waals surface area contributed by atoms with E-state index in [9.17, 15) is 22.4 Å². The Hall–Kier alpha value is -3.29. The number of likely N-dealkylation sites (tertiary alicyclic amines) is 1. The predicted octanol–water partition coefficient (Wildman–Crippen LogP) is 6.48. The molecule has 2 atom stereocenters. The molecule has 8 heteroatoms. The van der Waals surface area contributed by atoms with Gasteiger partial charge in [-0.2, -0.15) is 13.2 Å². The molecule has 2 aromatic heterocycles. The number of aryl methyl sites for hydroxylation is 2. The highest BCUT2D eigenvalue weighted by atomic mass is 19.4. The van der Waals surface area contributed by atoms with Gasteiger partial charge in [-0.05, 0) is 74.4 Å². The standard InChI is InChI=1S/C27H27F4N3O/c1-17-4-3-15-34(24(17)14-12-22-11-8-20(16-32-22)27(29,30)31)26(35)25-23(13-5-18(2)33-25)19-6-9-21(28)10-7-19/h5-11,13,16-17,24H,3-4,12,14-15H2,1-2H3/t17-,24-/m1/s1. The van der Waals surface area contributed by atoms with E-state index < -0.39 is 11.7 Å². The summed E-state index contributed by atoms with van der Waals surface area (Å²) in [5, 5.41) is 0. The minimum absolute atomic E-state index is 0.0938. The molecule has 0 unspecified atom stereocenters. The molecular weight excluding hydrogens is 458 g/mol. The van der Waals surface area contributed by atoms with Crippen molar-refractivity contribution in [3.05, 3.63) is 83.2 Å². The monoisotopic (exact) mass is 485 g/mol. The second-order valence-electron chi connectivity index (χ2n) is 9.12. The van der Waals surface area contributed by atoms with Crippen molar-refractivity contribution >= 4 is 5.91 Å². The van der Waals surface area contributed by atoms with Gasteiger partial charge in [0, 0.05) is 35.7 Å². The Morgan fingerprint density at radius 3 is 2.49 bits per heavy atom. The first-order valence-electron chi connectivity index (χ1n) is 11.7. The van der Waals surface area contributed by atoms with Gasteiger partial charge in [0.2, 0.25) is 0 Å². The minimum Gasteiger partial charge on any atom is -0.334 e. The number of aromatic nitrogens is 2. The van der Waals surface area contributed by atoms with E-state index in [4.69, 9.17) is 0 Å². The molecule has 1 amide bonds. The van der Waals surface area contributed by atoms with Crippen LogP contribution in [0.15, 0.2) is 54.7 Å². The van der Waals surface area contributed by atoms with Crippen LogP contribution in [0.4, 0.5) is 17.6 Å². The summed E-state index contributed by atoms with van der Waals surface area (Å²) in [4.78, 5) is 24.2. The second-order valence-corrected chi connectivity index (χ2v) is 9.12. The molecule has 1 aliphatic heterocycles. The number of nitrogens with zero attached hydrogens (tertiary/aromatic N) is 3. The summed E-state index contributed by atoms with van der Waals surface area (Å²) < 4.78 is 52.0. The topological polar surface area (TPSA) is 46.1 Å². The lowest BCUT2D eigenvalue weighted by atomic mass is 9.86. The third-order valence-electron chi connectivity index (χ3n) is 6.62. The van der Waals surface area contributed by atoms with Crippen LogP contribution in [-0.2, 0) is 12.6 Å². The molecule has 35 heavy (non-hydrogen) atoms. The van der Waals surface area contributed by atoms with Crippen LogP contribution in [0.25, 0.3) is 11.1 Å². The van der Waals surface area contributed by atoms with Gasteiger partial charge in [0.05, 0.1) is 5.56 Å². The van der Waals surface area contributed by atoms with E-state index in [-0.39, 0.29) is 23.7 Å². The van der Waals surface area contributed by atoms with Crippen molar-refractivity contribution in [1.82, 2.24) is 14.9 Å². The molecule has 0 bridgehead atoms. The number of benzene rings is 1. The summed E-state index contributed by atoms with van der Waals surface area (Å²) in [7, 11) is 0. The van der Waals surface area contributed by atoms with Gasteiger partial charge in [-0.25, -0.2) is 9.37 Å². The summed E-state index contributed by atoms with van der Waals surface area (Å²) in [6.45, 7) is 4.49. The average molecular weight is 486 g/mol. The van der Waals surface area contributed by atoms with Gasteiger partial charge in [-0.3, -0.25) is 9.78 Å². The average Bonchev–Trinajstić information content (AvgIpc) is 2.83. The Balaban J connectivity index is 1.58. The lowest BCUT2D eigenvalue weighted by molar-refractivity contribution is -0.137. The lowest BCUT2D eigenvalue weighted by Gasteiger charge is -2.40. The summed E-state index contributed by atoms with van der Waals surface area (Å²) in [5.74, 6) is -0.324. The Morgan fingerprint density at radius 2 is 1.83 bits per heavy atom. The maximum atomic E-state index is 13.8. The first-order chi connectivity index (χ1) is 16.6. The number of halogens is 4. The van der Waals surface area contributed by atoms with E-state index in [2.05, 4.69) is 16.9 Å². The quantitative estimate of drug-likeness (QED) is 0.389. The number of carbonyl (C=O) groups is 1. The maximum Gasteiger partial charge on any atom is 0.417 e. The highest BCUT2D eigenvalue weighted by Crippen LogP contribution is 2.32. The smallest absolute Gasteiger partial charge is 0.334 e. The molecule has 3 aromatic rings. The summed E-state index contributed by atoms with van der Waals surface area (Å²) in [6, 6.07) is 12.0. The first kappa shape index (κ1) is 24.8. The molecular formula is C27H27F4N3O. The Bertz CT molecular complexity index is 1180. The number of alkyl halides is 3. The number of hydrogen-bond acceptors (Lipinski definition) is 3. The molecule has 4 nitrogen and oxygen atoms in total. The van der Waals surface area contributed by atoms with Crippen molar-refractivity contribution in [1.29, 1.82) is 0 Å². The van der Waals surface area contributed by atoms with E-state index in [1.807, 2.05) is 24.0 Å². The van der Waals surface area contributed by atoms with Gasteiger partial charge >= 0.3 is 6.18 Å². The van der Waals surface area contributed by atoms with Crippen LogP contribution in [0.5, 0.6) is 0 Å². The zero-order chi connectivity index (χ0) is 25.2. The molecule has 4 rings (SSSR count). The van der Waals surface area contributed by atoms with E-state index in [0.717, 1.165) is 25.1 Å².